The molecule has 2 aromatic carbocycles. The second kappa shape index (κ2) is 9.63. The molecule has 1 saturated heterocycles. The molecule has 0 bridgehead atoms. The fourth-order valence-electron chi connectivity index (χ4n) is 4.71. The third-order valence-electron chi connectivity index (χ3n) is 6.59. The van der Waals surface area contributed by atoms with Crippen LogP contribution in [-0.2, 0) is 12.8 Å². The topological polar surface area (TPSA) is 92.1 Å². The number of aromatic nitrogens is 3. The van der Waals surface area contributed by atoms with E-state index in [1.165, 1.54) is 35.8 Å². The van der Waals surface area contributed by atoms with Crippen LogP contribution in [0.1, 0.15) is 36.0 Å². The molecule has 5 rings (SSSR count). The Kier molecular flexibility index (Phi) is 6.25. The molecule has 1 aliphatic heterocycles. The van der Waals surface area contributed by atoms with E-state index in [0.29, 0.717) is 5.95 Å². The standard InChI is InChI=1S/C27H32N6O/c1-18-6-9-20(10-7-18)30-25-22(26(32-27(28)31-25)33-14-4-3-5-15-33)12-8-19-17-29-24-13-11-21(34-2)16-23(19)24/h6-7,9-11,13,16-17,29H,3-5,8,12,14-15H2,1-2H3,(H3,28,30,31,32). The van der Waals surface area contributed by atoms with Gasteiger partial charge in [0.25, 0.3) is 0 Å². The van der Waals surface area contributed by atoms with Crippen molar-refractivity contribution >= 4 is 34.2 Å². The zero-order chi connectivity index (χ0) is 23.5. The Labute approximate surface area is 200 Å². The van der Waals surface area contributed by atoms with Crippen molar-refractivity contribution in [1.29, 1.82) is 0 Å². The number of rotatable bonds is 7. The number of aromatic amines is 1. The van der Waals surface area contributed by atoms with Crippen molar-refractivity contribution in [3.05, 3.63) is 65.4 Å². The van der Waals surface area contributed by atoms with E-state index in [1.54, 1.807) is 7.11 Å². The number of nitrogen functional groups attached to an aromatic ring is 1. The molecule has 7 nitrogen and oxygen atoms in total. The van der Waals surface area contributed by atoms with Crippen LogP contribution in [0.3, 0.4) is 0 Å². The van der Waals surface area contributed by atoms with Gasteiger partial charge in [-0.3, -0.25) is 0 Å². The van der Waals surface area contributed by atoms with E-state index < -0.39 is 0 Å². The number of fused-ring (bicyclic) bond motifs is 1. The highest BCUT2D eigenvalue weighted by atomic mass is 16.5. The number of aryl methyl sites for hydroxylation is 2. The summed E-state index contributed by atoms with van der Waals surface area (Å²) in [7, 11) is 1.70. The maximum atomic E-state index is 6.20. The van der Waals surface area contributed by atoms with Crippen LogP contribution < -0.4 is 20.7 Å². The Morgan fingerprint density at radius 1 is 1.03 bits per heavy atom. The molecule has 34 heavy (non-hydrogen) atoms. The van der Waals surface area contributed by atoms with E-state index in [4.69, 9.17) is 15.5 Å². The quantitative estimate of drug-likeness (QED) is 0.346. The molecule has 0 unspecified atom stereocenters. The van der Waals surface area contributed by atoms with E-state index in [0.717, 1.165) is 60.1 Å². The first-order valence-corrected chi connectivity index (χ1v) is 12.0. The van der Waals surface area contributed by atoms with Crippen molar-refractivity contribution in [2.45, 2.75) is 39.0 Å². The van der Waals surface area contributed by atoms with Gasteiger partial charge in [0.15, 0.2) is 0 Å². The highest BCUT2D eigenvalue weighted by molar-refractivity contribution is 5.84. The van der Waals surface area contributed by atoms with Gasteiger partial charge in [0.1, 0.15) is 17.4 Å². The summed E-state index contributed by atoms with van der Waals surface area (Å²) in [5.41, 5.74) is 11.9. The number of methoxy groups -OCH3 is 1. The van der Waals surface area contributed by atoms with E-state index in [1.807, 2.05) is 6.07 Å². The second-order valence-corrected chi connectivity index (χ2v) is 9.00. The van der Waals surface area contributed by atoms with Crippen molar-refractivity contribution in [3.8, 4) is 5.75 Å². The Morgan fingerprint density at radius 3 is 2.59 bits per heavy atom. The average molecular weight is 457 g/mol. The van der Waals surface area contributed by atoms with Crippen LogP contribution in [0.25, 0.3) is 10.9 Å². The van der Waals surface area contributed by atoms with Crippen LogP contribution in [0.4, 0.5) is 23.3 Å². The molecule has 0 spiro atoms. The van der Waals surface area contributed by atoms with Crippen molar-refractivity contribution in [2.24, 2.45) is 0 Å². The van der Waals surface area contributed by atoms with Crippen LogP contribution in [0.15, 0.2) is 48.7 Å². The summed E-state index contributed by atoms with van der Waals surface area (Å²) in [4.78, 5) is 15.1. The molecule has 4 N–H and O–H groups in total. The zero-order valence-corrected chi connectivity index (χ0v) is 19.9. The van der Waals surface area contributed by atoms with E-state index in [9.17, 15) is 0 Å². The molecular weight excluding hydrogens is 424 g/mol. The van der Waals surface area contributed by atoms with E-state index >= 15 is 0 Å². The summed E-state index contributed by atoms with van der Waals surface area (Å²) in [6.45, 7) is 4.08. The number of nitrogens with one attached hydrogen (secondary N) is 2. The smallest absolute Gasteiger partial charge is 0.223 e. The number of benzene rings is 2. The summed E-state index contributed by atoms with van der Waals surface area (Å²) in [5, 5.41) is 4.70. The van der Waals surface area contributed by atoms with Gasteiger partial charge in [-0.1, -0.05) is 17.7 Å². The molecule has 176 valence electrons. The third-order valence-corrected chi connectivity index (χ3v) is 6.59. The van der Waals surface area contributed by atoms with Crippen LogP contribution in [0, 0.1) is 6.92 Å². The first-order valence-electron chi connectivity index (χ1n) is 12.0. The van der Waals surface area contributed by atoms with Gasteiger partial charge in [0, 0.05) is 41.4 Å². The van der Waals surface area contributed by atoms with E-state index in [2.05, 4.69) is 69.7 Å². The predicted octanol–water partition coefficient (Wildman–Crippen LogP) is 5.38. The zero-order valence-electron chi connectivity index (χ0n) is 19.9. The summed E-state index contributed by atoms with van der Waals surface area (Å²) in [5.74, 6) is 2.91. The lowest BCUT2D eigenvalue weighted by Gasteiger charge is -2.30. The fraction of sp³-hybridized carbons (Fsp3) is 0.333. The first-order chi connectivity index (χ1) is 16.6. The minimum Gasteiger partial charge on any atom is -0.497 e. The monoisotopic (exact) mass is 456 g/mol. The molecule has 1 aliphatic rings. The summed E-state index contributed by atoms with van der Waals surface area (Å²) < 4.78 is 5.45. The van der Waals surface area contributed by atoms with Crippen LogP contribution in [-0.4, -0.2) is 35.2 Å². The number of ether oxygens (including phenoxy) is 1. The van der Waals surface area contributed by atoms with Gasteiger partial charge < -0.3 is 25.7 Å². The Hall–Kier alpha value is -3.74. The van der Waals surface area contributed by atoms with Crippen LogP contribution in [0.2, 0.25) is 0 Å². The van der Waals surface area contributed by atoms with Gasteiger partial charge in [0.05, 0.1) is 7.11 Å². The molecule has 3 heterocycles. The van der Waals surface area contributed by atoms with Gasteiger partial charge in [-0.2, -0.15) is 9.97 Å². The van der Waals surface area contributed by atoms with Crippen molar-refractivity contribution in [1.82, 2.24) is 15.0 Å². The summed E-state index contributed by atoms with van der Waals surface area (Å²) >= 11 is 0. The van der Waals surface area contributed by atoms with E-state index in [-0.39, 0.29) is 0 Å². The van der Waals surface area contributed by atoms with Gasteiger partial charge in [0.2, 0.25) is 5.95 Å². The van der Waals surface area contributed by atoms with Gasteiger partial charge in [-0.15, -0.1) is 0 Å². The number of nitrogens with two attached hydrogens (primary N) is 1. The lowest BCUT2D eigenvalue weighted by molar-refractivity contribution is 0.415. The minimum atomic E-state index is 0.302. The number of piperidine rings is 1. The molecule has 4 aromatic rings. The lowest BCUT2D eigenvalue weighted by Crippen LogP contribution is -2.32. The van der Waals surface area contributed by atoms with Crippen molar-refractivity contribution in [3.63, 3.8) is 0 Å². The summed E-state index contributed by atoms with van der Waals surface area (Å²) in [6.07, 6.45) is 7.35. The predicted molar refractivity (Wildman–Crippen MR) is 139 cm³/mol. The first kappa shape index (κ1) is 22.1. The molecule has 0 radical (unpaired) electrons. The van der Waals surface area contributed by atoms with Crippen LogP contribution in [0.5, 0.6) is 5.75 Å². The maximum absolute atomic E-state index is 6.20. The number of H-pyrrole nitrogens is 1. The highest BCUT2D eigenvalue weighted by Gasteiger charge is 2.21. The third kappa shape index (κ3) is 4.64. The number of nitrogens with zero attached hydrogens (tertiary/aromatic N) is 3. The molecule has 2 aromatic heterocycles. The van der Waals surface area contributed by atoms with Gasteiger partial charge in [-0.25, -0.2) is 0 Å². The Balaban J connectivity index is 1.51. The SMILES string of the molecule is COc1ccc2[nH]cc(CCc3c(Nc4ccc(C)cc4)nc(N)nc3N3CCCCC3)c2c1. The minimum absolute atomic E-state index is 0.302. The molecule has 0 amide bonds. The number of hydrogen-bond acceptors (Lipinski definition) is 6. The van der Waals surface area contributed by atoms with Crippen molar-refractivity contribution in [2.75, 3.05) is 36.1 Å². The van der Waals surface area contributed by atoms with Crippen LogP contribution >= 0.6 is 0 Å². The highest BCUT2D eigenvalue weighted by Crippen LogP contribution is 2.32. The lowest BCUT2D eigenvalue weighted by atomic mass is 10.0. The number of anilines is 4. The normalized spacial score (nSPS) is 13.9. The molecule has 0 saturated carbocycles. The number of hydrogen-bond donors (Lipinski definition) is 3. The molecule has 7 heteroatoms. The van der Waals surface area contributed by atoms with Gasteiger partial charge in [-0.05, 0) is 74.9 Å². The molecule has 1 fully saturated rings. The fourth-order valence-corrected chi connectivity index (χ4v) is 4.71. The Morgan fingerprint density at radius 2 is 1.82 bits per heavy atom. The molecular formula is C27H32N6O. The average Bonchev–Trinajstić information content (AvgIpc) is 3.27. The van der Waals surface area contributed by atoms with Gasteiger partial charge >= 0.3 is 0 Å². The Bertz CT molecular complexity index is 1270. The summed E-state index contributed by atoms with van der Waals surface area (Å²) in [6, 6.07) is 14.5. The molecule has 0 aliphatic carbocycles. The molecule has 0 atom stereocenters. The second-order valence-electron chi connectivity index (χ2n) is 9.00. The van der Waals surface area contributed by atoms with Crippen molar-refractivity contribution < 1.29 is 4.74 Å². The maximum Gasteiger partial charge on any atom is 0.223 e. The largest absolute Gasteiger partial charge is 0.497 e.